The number of esters is 1. The molecule has 0 aliphatic heterocycles. The van der Waals surface area contributed by atoms with Crippen LogP contribution in [0.2, 0.25) is 0 Å². The summed E-state index contributed by atoms with van der Waals surface area (Å²) in [5, 5.41) is 0. The van der Waals surface area contributed by atoms with Crippen LogP contribution in [0.3, 0.4) is 0 Å². The Labute approximate surface area is 178 Å². The number of hydrogen-bond donors (Lipinski definition) is 0. The molecule has 0 aliphatic carbocycles. The van der Waals surface area contributed by atoms with Crippen molar-refractivity contribution in [2.24, 2.45) is 5.41 Å². The molecule has 5 nitrogen and oxygen atoms in total. The summed E-state index contributed by atoms with van der Waals surface area (Å²) in [6, 6.07) is 22.4. The predicted molar refractivity (Wildman–Crippen MR) is 118 cm³/mol. The van der Waals surface area contributed by atoms with E-state index in [1.54, 1.807) is 0 Å². The number of benzene rings is 2. The molecule has 30 heavy (non-hydrogen) atoms. The van der Waals surface area contributed by atoms with E-state index in [9.17, 15) is 4.79 Å². The lowest BCUT2D eigenvalue weighted by atomic mass is 9.87. The van der Waals surface area contributed by atoms with Crippen LogP contribution in [0.1, 0.15) is 33.1 Å². The average molecular weight is 405 g/mol. The van der Waals surface area contributed by atoms with Gasteiger partial charge in [-0.15, -0.1) is 0 Å². The van der Waals surface area contributed by atoms with Gasteiger partial charge in [-0.3, -0.25) is 4.79 Å². The number of carbonyl (C=O) groups is 1. The van der Waals surface area contributed by atoms with Crippen molar-refractivity contribution in [1.82, 2.24) is 9.97 Å². The third-order valence-corrected chi connectivity index (χ3v) is 5.01. The molecule has 0 unspecified atom stereocenters. The highest BCUT2D eigenvalue weighted by Gasteiger charge is 2.27. The van der Waals surface area contributed by atoms with Gasteiger partial charge in [0.1, 0.15) is 0 Å². The number of unbranched alkanes of at least 4 members (excludes halogenated alkanes) is 1. The van der Waals surface area contributed by atoms with Crippen molar-refractivity contribution in [2.75, 3.05) is 13.7 Å². The molecule has 0 bridgehead atoms. The van der Waals surface area contributed by atoms with E-state index in [0.717, 1.165) is 41.8 Å². The fourth-order valence-electron chi connectivity index (χ4n) is 3.21. The minimum atomic E-state index is -0.487. The van der Waals surface area contributed by atoms with E-state index in [1.165, 1.54) is 7.11 Å². The molecule has 3 aromatic rings. The molecule has 3 rings (SSSR count). The lowest BCUT2D eigenvalue weighted by Gasteiger charge is -2.20. The van der Waals surface area contributed by atoms with Gasteiger partial charge in [0, 0.05) is 11.1 Å². The minimum absolute atomic E-state index is 0.185. The van der Waals surface area contributed by atoms with Gasteiger partial charge < -0.3 is 9.47 Å². The van der Waals surface area contributed by atoms with Gasteiger partial charge in [0.15, 0.2) is 0 Å². The maximum absolute atomic E-state index is 11.8. The van der Waals surface area contributed by atoms with Crippen molar-refractivity contribution in [3.05, 3.63) is 66.7 Å². The van der Waals surface area contributed by atoms with Crippen molar-refractivity contribution < 1.29 is 14.3 Å². The van der Waals surface area contributed by atoms with Crippen LogP contribution in [0.4, 0.5) is 0 Å². The maximum Gasteiger partial charge on any atom is 0.317 e. The van der Waals surface area contributed by atoms with Gasteiger partial charge >= 0.3 is 12.0 Å². The minimum Gasteiger partial charge on any atom is -0.469 e. The van der Waals surface area contributed by atoms with Crippen LogP contribution in [-0.2, 0) is 9.53 Å². The Kier molecular flexibility index (Phi) is 7.17. The Morgan fingerprint density at radius 2 is 1.40 bits per heavy atom. The molecule has 1 aromatic heterocycles. The van der Waals surface area contributed by atoms with Crippen LogP contribution in [0.25, 0.3) is 22.5 Å². The van der Waals surface area contributed by atoms with E-state index in [1.807, 2.05) is 80.6 Å². The van der Waals surface area contributed by atoms with E-state index in [0.29, 0.717) is 12.6 Å². The second kappa shape index (κ2) is 10.0. The van der Waals surface area contributed by atoms with E-state index in [-0.39, 0.29) is 5.97 Å². The van der Waals surface area contributed by atoms with Gasteiger partial charge in [-0.25, -0.2) is 0 Å². The van der Waals surface area contributed by atoms with E-state index in [2.05, 4.69) is 9.97 Å². The molecule has 0 amide bonds. The summed E-state index contributed by atoms with van der Waals surface area (Å²) in [6.45, 7) is 4.29. The zero-order valence-corrected chi connectivity index (χ0v) is 17.8. The molecule has 0 saturated heterocycles. The average Bonchev–Trinajstić information content (AvgIpc) is 2.79. The first-order chi connectivity index (χ1) is 14.5. The van der Waals surface area contributed by atoms with Gasteiger partial charge in [-0.05, 0) is 39.2 Å². The summed E-state index contributed by atoms with van der Waals surface area (Å²) in [4.78, 5) is 21.0. The van der Waals surface area contributed by atoms with Crippen LogP contribution < -0.4 is 4.74 Å². The fraction of sp³-hybridized carbons (Fsp3) is 0.320. The topological polar surface area (TPSA) is 61.3 Å². The van der Waals surface area contributed by atoms with Crippen LogP contribution in [0.15, 0.2) is 66.7 Å². The molecule has 0 saturated carbocycles. The van der Waals surface area contributed by atoms with Crippen LogP contribution in [0, 0.1) is 5.41 Å². The van der Waals surface area contributed by atoms with Crippen molar-refractivity contribution in [3.8, 4) is 28.5 Å². The van der Waals surface area contributed by atoms with Gasteiger partial charge in [-0.2, -0.15) is 9.97 Å². The highest BCUT2D eigenvalue weighted by atomic mass is 16.5. The standard InChI is InChI=1S/C25H28N2O3/c1-25(2,23(28)29-3)16-10-11-17-30-24-26-21(19-12-6-4-7-13-19)18-22(27-24)20-14-8-5-9-15-20/h4-9,12-15,18H,10-11,16-17H2,1-3H3. The normalized spacial score (nSPS) is 11.2. The number of ether oxygens (including phenoxy) is 2. The summed E-state index contributed by atoms with van der Waals surface area (Å²) < 4.78 is 10.8. The first kappa shape index (κ1) is 21.5. The number of aromatic nitrogens is 2. The Balaban J connectivity index is 1.70. The number of carbonyl (C=O) groups excluding carboxylic acids is 1. The fourth-order valence-corrected chi connectivity index (χ4v) is 3.21. The molecule has 0 atom stereocenters. The summed E-state index contributed by atoms with van der Waals surface area (Å²) in [7, 11) is 1.43. The van der Waals surface area contributed by atoms with Gasteiger partial charge in [0.05, 0.1) is 30.5 Å². The summed E-state index contributed by atoms with van der Waals surface area (Å²) in [6.07, 6.45) is 2.40. The molecule has 2 aromatic carbocycles. The van der Waals surface area contributed by atoms with Crippen LogP contribution >= 0.6 is 0 Å². The summed E-state index contributed by atoms with van der Waals surface area (Å²) >= 11 is 0. The largest absolute Gasteiger partial charge is 0.469 e. The molecular formula is C25H28N2O3. The van der Waals surface area contributed by atoms with E-state index < -0.39 is 5.41 Å². The SMILES string of the molecule is COC(=O)C(C)(C)CCCCOc1nc(-c2ccccc2)cc(-c2ccccc2)n1. The highest BCUT2D eigenvalue weighted by Crippen LogP contribution is 2.27. The zero-order chi connectivity index (χ0) is 21.4. The quantitative estimate of drug-likeness (QED) is 0.345. The smallest absolute Gasteiger partial charge is 0.317 e. The van der Waals surface area contributed by atoms with Crippen molar-refractivity contribution in [2.45, 2.75) is 33.1 Å². The predicted octanol–water partition coefficient (Wildman–Crippen LogP) is 5.56. The lowest BCUT2D eigenvalue weighted by Crippen LogP contribution is -2.25. The van der Waals surface area contributed by atoms with Crippen molar-refractivity contribution in [1.29, 1.82) is 0 Å². The molecule has 1 heterocycles. The molecule has 0 radical (unpaired) electrons. The Hall–Kier alpha value is -3.21. The van der Waals surface area contributed by atoms with Crippen LogP contribution in [0.5, 0.6) is 6.01 Å². The number of nitrogens with zero attached hydrogens (tertiary/aromatic N) is 2. The lowest BCUT2D eigenvalue weighted by molar-refractivity contribution is -0.151. The third kappa shape index (κ3) is 5.66. The Morgan fingerprint density at radius 1 is 0.867 bits per heavy atom. The zero-order valence-electron chi connectivity index (χ0n) is 17.8. The molecule has 156 valence electrons. The summed E-state index contributed by atoms with van der Waals surface area (Å²) in [5.41, 5.74) is 3.19. The number of rotatable bonds is 9. The van der Waals surface area contributed by atoms with E-state index in [4.69, 9.17) is 9.47 Å². The van der Waals surface area contributed by atoms with E-state index >= 15 is 0 Å². The Morgan fingerprint density at radius 3 is 1.90 bits per heavy atom. The third-order valence-electron chi connectivity index (χ3n) is 5.01. The number of methoxy groups -OCH3 is 1. The highest BCUT2D eigenvalue weighted by molar-refractivity contribution is 5.75. The van der Waals surface area contributed by atoms with Crippen LogP contribution in [-0.4, -0.2) is 29.7 Å². The van der Waals surface area contributed by atoms with Gasteiger partial charge in [0.25, 0.3) is 0 Å². The second-order valence-corrected chi connectivity index (χ2v) is 7.83. The Bertz CT molecular complexity index is 899. The number of hydrogen-bond acceptors (Lipinski definition) is 5. The monoisotopic (exact) mass is 404 g/mol. The first-order valence-electron chi connectivity index (χ1n) is 10.2. The molecular weight excluding hydrogens is 376 g/mol. The second-order valence-electron chi connectivity index (χ2n) is 7.83. The molecule has 0 N–H and O–H groups in total. The molecule has 0 aliphatic rings. The van der Waals surface area contributed by atoms with Crippen molar-refractivity contribution in [3.63, 3.8) is 0 Å². The molecule has 5 heteroatoms. The molecule has 0 spiro atoms. The van der Waals surface area contributed by atoms with Gasteiger partial charge in [-0.1, -0.05) is 60.7 Å². The summed E-state index contributed by atoms with van der Waals surface area (Å²) in [5.74, 6) is -0.185. The van der Waals surface area contributed by atoms with Gasteiger partial charge in [0.2, 0.25) is 0 Å². The molecule has 0 fully saturated rings. The van der Waals surface area contributed by atoms with Crippen molar-refractivity contribution >= 4 is 5.97 Å². The maximum atomic E-state index is 11.8. The first-order valence-corrected chi connectivity index (χ1v) is 10.2.